The molecule has 0 fully saturated rings. The second kappa shape index (κ2) is 9.69. The zero-order valence-electron chi connectivity index (χ0n) is 18.0. The quantitative estimate of drug-likeness (QED) is 0.432. The van der Waals surface area contributed by atoms with E-state index in [-0.39, 0.29) is 16.7 Å². The van der Waals surface area contributed by atoms with Gasteiger partial charge in [0.05, 0.1) is 12.5 Å². The maximum Gasteiger partial charge on any atom is 0.319 e. The molecule has 0 spiro atoms. The van der Waals surface area contributed by atoms with Crippen LogP contribution in [0, 0.1) is 24.4 Å². The molecule has 2 amide bonds. The second-order valence-corrected chi connectivity index (χ2v) is 7.56. The van der Waals surface area contributed by atoms with Crippen molar-refractivity contribution in [2.75, 3.05) is 5.32 Å². The molecule has 1 heterocycles. The Bertz CT molecular complexity index is 1340. The van der Waals surface area contributed by atoms with E-state index >= 15 is 0 Å². The number of urea groups is 1. The number of carbonyl (C=O) groups excluding carboxylic acids is 1. The number of benzene rings is 2. The van der Waals surface area contributed by atoms with Crippen molar-refractivity contribution in [1.29, 1.82) is 0 Å². The Morgan fingerprint density at radius 3 is 2.41 bits per heavy atom. The number of anilines is 1. The Labute approximate surface area is 191 Å². The first-order valence-corrected chi connectivity index (χ1v) is 9.91. The fraction of sp³-hybridized carbons (Fsp3) is 0.174. The van der Waals surface area contributed by atoms with E-state index in [1.54, 1.807) is 6.92 Å². The molecule has 11 heteroatoms. The molecule has 1 atom stereocenters. The lowest BCUT2D eigenvalue weighted by atomic mass is 9.97. The van der Waals surface area contributed by atoms with Crippen LogP contribution in [0.4, 0.5) is 23.7 Å². The number of pyridine rings is 1. The summed E-state index contributed by atoms with van der Waals surface area (Å²) < 4.78 is 43.0. The van der Waals surface area contributed by atoms with Crippen LogP contribution in [0.5, 0.6) is 5.75 Å². The minimum Gasteiger partial charge on any atom is -0.505 e. The maximum atomic E-state index is 14.3. The van der Waals surface area contributed by atoms with Gasteiger partial charge in [-0.15, -0.1) is 0 Å². The number of amides is 2. The molecule has 0 saturated heterocycles. The number of aromatic nitrogens is 1. The molecule has 3 rings (SSSR count). The molecule has 0 aliphatic carbocycles. The van der Waals surface area contributed by atoms with Crippen molar-refractivity contribution < 1.29 is 33.0 Å². The minimum atomic E-state index is -1.34. The average molecular weight is 475 g/mol. The van der Waals surface area contributed by atoms with Gasteiger partial charge in [-0.25, -0.2) is 18.0 Å². The molecular formula is C23H20F3N3O5. The number of carbonyl (C=O) groups is 2. The molecule has 0 saturated carbocycles. The number of rotatable bonds is 6. The van der Waals surface area contributed by atoms with Crippen LogP contribution in [-0.4, -0.2) is 26.8 Å². The van der Waals surface area contributed by atoms with Gasteiger partial charge in [-0.2, -0.15) is 0 Å². The first kappa shape index (κ1) is 24.4. The van der Waals surface area contributed by atoms with Crippen LogP contribution < -0.4 is 16.2 Å². The zero-order valence-corrected chi connectivity index (χ0v) is 18.0. The van der Waals surface area contributed by atoms with Gasteiger partial charge in [0, 0.05) is 30.4 Å². The van der Waals surface area contributed by atoms with E-state index in [9.17, 15) is 37.8 Å². The van der Waals surface area contributed by atoms with Crippen LogP contribution in [0.1, 0.15) is 23.7 Å². The first-order valence-electron chi connectivity index (χ1n) is 9.91. The van der Waals surface area contributed by atoms with Crippen LogP contribution >= 0.6 is 0 Å². The van der Waals surface area contributed by atoms with Gasteiger partial charge < -0.3 is 25.4 Å². The maximum absolute atomic E-state index is 14.3. The molecule has 8 nitrogen and oxygen atoms in total. The standard InChI is InChI=1S/C23H20F3N3O5/c1-11-5-19(30)21(22(33)29(11)2)28-23(34)27-18(10-20(31)32)13-6-12(7-15(25)8-13)16-4-3-14(24)9-17(16)26/h3-9,18,30H,10H2,1-2H3,(H,31,32)(H2,27,28,34)/t18-/m0/s1. The van der Waals surface area contributed by atoms with Gasteiger partial charge in [0.1, 0.15) is 23.2 Å². The van der Waals surface area contributed by atoms with Crippen molar-refractivity contribution in [3.05, 3.63) is 81.5 Å². The lowest BCUT2D eigenvalue weighted by molar-refractivity contribution is -0.137. The van der Waals surface area contributed by atoms with E-state index in [4.69, 9.17) is 0 Å². The highest BCUT2D eigenvalue weighted by Gasteiger charge is 2.22. The van der Waals surface area contributed by atoms with Gasteiger partial charge in [-0.1, -0.05) is 0 Å². The van der Waals surface area contributed by atoms with Gasteiger partial charge in [-0.05, 0) is 48.4 Å². The van der Waals surface area contributed by atoms with Crippen LogP contribution in [0.15, 0.2) is 47.3 Å². The van der Waals surface area contributed by atoms with E-state index in [0.717, 1.165) is 24.3 Å². The number of carboxylic acid groups (broad SMARTS) is 1. The van der Waals surface area contributed by atoms with E-state index < -0.39 is 58.9 Å². The third kappa shape index (κ3) is 5.37. The highest BCUT2D eigenvalue weighted by Crippen LogP contribution is 2.29. The van der Waals surface area contributed by atoms with Crippen molar-refractivity contribution >= 4 is 17.7 Å². The number of halogens is 3. The summed E-state index contributed by atoms with van der Waals surface area (Å²) in [6.45, 7) is 1.57. The Balaban J connectivity index is 1.94. The number of aliphatic carboxylic acids is 1. The van der Waals surface area contributed by atoms with Gasteiger partial charge in [0.15, 0.2) is 5.69 Å². The van der Waals surface area contributed by atoms with Crippen molar-refractivity contribution in [2.45, 2.75) is 19.4 Å². The highest BCUT2D eigenvalue weighted by atomic mass is 19.1. The molecule has 3 aromatic rings. The summed E-state index contributed by atoms with van der Waals surface area (Å²) in [5, 5.41) is 23.8. The third-order valence-electron chi connectivity index (χ3n) is 5.14. The monoisotopic (exact) mass is 475 g/mol. The Morgan fingerprint density at radius 2 is 1.76 bits per heavy atom. The normalized spacial score (nSPS) is 11.7. The first-order chi connectivity index (χ1) is 16.0. The fourth-order valence-corrected chi connectivity index (χ4v) is 3.35. The van der Waals surface area contributed by atoms with Crippen molar-refractivity contribution in [2.24, 2.45) is 7.05 Å². The topological polar surface area (TPSA) is 121 Å². The Kier molecular flexibility index (Phi) is 6.94. The number of nitrogens with one attached hydrogen (secondary N) is 2. The van der Waals surface area contributed by atoms with Gasteiger partial charge in [0.25, 0.3) is 5.56 Å². The number of hydrogen-bond acceptors (Lipinski definition) is 4. The largest absolute Gasteiger partial charge is 0.505 e. The molecule has 1 aromatic heterocycles. The molecule has 0 unspecified atom stereocenters. The van der Waals surface area contributed by atoms with Crippen molar-refractivity contribution in [1.82, 2.24) is 9.88 Å². The number of aryl methyl sites for hydroxylation is 1. The van der Waals surface area contributed by atoms with Gasteiger partial charge in [0.2, 0.25) is 0 Å². The van der Waals surface area contributed by atoms with Crippen LogP contribution in [0.25, 0.3) is 11.1 Å². The number of nitrogens with zero attached hydrogens (tertiary/aromatic N) is 1. The average Bonchev–Trinajstić information content (AvgIpc) is 2.74. The molecule has 34 heavy (non-hydrogen) atoms. The molecular weight excluding hydrogens is 455 g/mol. The van der Waals surface area contributed by atoms with Crippen LogP contribution in [-0.2, 0) is 11.8 Å². The molecule has 0 aliphatic heterocycles. The van der Waals surface area contributed by atoms with E-state index in [1.165, 1.54) is 23.7 Å². The predicted molar refractivity (Wildman–Crippen MR) is 117 cm³/mol. The molecule has 4 N–H and O–H groups in total. The number of carboxylic acids is 1. The molecule has 0 radical (unpaired) electrons. The predicted octanol–water partition coefficient (Wildman–Crippen LogP) is 3.82. The van der Waals surface area contributed by atoms with Gasteiger partial charge >= 0.3 is 12.0 Å². The second-order valence-electron chi connectivity index (χ2n) is 7.56. The highest BCUT2D eigenvalue weighted by molar-refractivity contribution is 5.91. The summed E-state index contributed by atoms with van der Waals surface area (Å²) >= 11 is 0. The van der Waals surface area contributed by atoms with E-state index in [1.807, 2.05) is 0 Å². The fourth-order valence-electron chi connectivity index (χ4n) is 3.35. The SMILES string of the molecule is Cc1cc(O)c(NC(=O)N[C@@H](CC(=O)O)c2cc(F)cc(-c3ccc(F)cc3F)c2)c(=O)n1C. The Hall–Kier alpha value is -4.28. The molecule has 2 aromatic carbocycles. The summed E-state index contributed by atoms with van der Waals surface area (Å²) in [6, 6.07) is 4.82. The number of hydrogen-bond donors (Lipinski definition) is 4. The van der Waals surface area contributed by atoms with Crippen LogP contribution in [0.2, 0.25) is 0 Å². The van der Waals surface area contributed by atoms with Gasteiger partial charge in [-0.3, -0.25) is 9.59 Å². The summed E-state index contributed by atoms with van der Waals surface area (Å²) in [7, 11) is 1.43. The lowest BCUT2D eigenvalue weighted by Gasteiger charge is -2.19. The smallest absolute Gasteiger partial charge is 0.319 e. The summed E-state index contributed by atoms with van der Waals surface area (Å²) in [5.74, 6) is -4.46. The molecule has 0 aliphatic rings. The molecule has 0 bridgehead atoms. The van der Waals surface area contributed by atoms with Crippen molar-refractivity contribution in [3.8, 4) is 16.9 Å². The molecule has 178 valence electrons. The minimum absolute atomic E-state index is 0.00450. The third-order valence-corrected chi connectivity index (χ3v) is 5.14. The lowest BCUT2D eigenvalue weighted by Crippen LogP contribution is -2.36. The Morgan fingerprint density at radius 1 is 1.06 bits per heavy atom. The summed E-state index contributed by atoms with van der Waals surface area (Å²) in [4.78, 5) is 36.3. The van der Waals surface area contributed by atoms with Crippen molar-refractivity contribution in [3.63, 3.8) is 0 Å². The summed E-state index contributed by atoms with van der Waals surface area (Å²) in [5.41, 5.74) is -0.867. The zero-order chi connectivity index (χ0) is 25.2. The van der Waals surface area contributed by atoms with Crippen LogP contribution in [0.3, 0.4) is 0 Å². The van der Waals surface area contributed by atoms with E-state index in [0.29, 0.717) is 11.8 Å². The summed E-state index contributed by atoms with van der Waals surface area (Å²) in [6.07, 6.45) is -0.680. The number of aromatic hydroxyl groups is 1. The van der Waals surface area contributed by atoms with E-state index in [2.05, 4.69) is 10.6 Å².